The Labute approximate surface area is 216 Å². The molecule has 3 heterocycles. The Morgan fingerprint density at radius 2 is 1.95 bits per heavy atom. The van der Waals surface area contributed by atoms with Crippen LogP contribution >= 0.6 is 0 Å². The van der Waals surface area contributed by atoms with Crippen LogP contribution in [0, 0.1) is 12.7 Å². The maximum absolute atomic E-state index is 13.4. The second kappa shape index (κ2) is 11.2. The molecule has 1 aromatic heterocycles. The molecule has 1 N–H and O–H groups in total. The summed E-state index contributed by atoms with van der Waals surface area (Å²) in [6, 6.07) is 4.51. The van der Waals surface area contributed by atoms with E-state index in [9.17, 15) is 19.1 Å². The Morgan fingerprint density at radius 1 is 1.16 bits per heavy atom. The molecule has 2 amide bonds. The summed E-state index contributed by atoms with van der Waals surface area (Å²) in [5.41, 5.74) is 3.14. The van der Waals surface area contributed by atoms with Gasteiger partial charge >= 0.3 is 0 Å². The minimum Gasteiger partial charge on any atom is -0.490 e. The largest absolute Gasteiger partial charge is 0.490 e. The number of halogens is 1. The highest BCUT2D eigenvalue weighted by Gasteiger charge is 2.32. The van der Waals surface area contributed by atoms with Crippen LogP contribution in [0.2, 0.25) is 0 Å². The highest BCUT2D eigenvalue weighted by Crippen LogP contribution is 2.27. The zero-order valence-electron chi connectivity index (χ0n) is 21.3. The Kier molecular flexibility index (Phi) is 7.76. The average molecular weight is 515 g/mol. The Hall–Kier alpha value is -2.98. The summed E-state index contributed by atoms with van der Waals surface area (Å²) in [7, 11) is 0. The van der Waals surface area contributed by atoms with Crippen LogP contribution in [-0.4, -0.2) is 88.1 Å². The number of aliphatic hydroxyl groups is 1. The van der Waals surface area contributed by atoms with Crippen molar-refractivity contribution in [3.05, 3.63) is 46.5 Å². The van der Waals surface area contributed by atoms with Gasteiger partial charge in [-0.15, -0.1) is 0 Å². The molecule has 1 aromatic carbocycles. The number of amides is 2. The number of aromatic nitrogens is 2. The average Bonchev–Trinajstić information content (AvgIpc) is 3.28. The first-order valence-electron chi connectivity index (χ1n) is 13.2. The number of piperidine rings is 1. The monoisotopic (exact) mass is 514 g/mol. The Morgan fingerprint density at radius 3 is 2.70 bits per heavy atom. The van der Waals surface area contributed by atoms with Gasteiger partial charge in [-0.25, -0.2) is 4.39 Å². The van der Waals surface area contributed by atoms with Gasteiger partial charge in [-0.3, -0.25) is 14.3 Å². The Balaban J connectivity index is 1.22. The van der Waals surface area contributed by atoms with Crippen LogP contribution in [0.4, 0.5) is 4.39 Å². The van der Waals surface area contributed by atoms with E-state index in [-0.39, 0.29) is 43.0 Å². The fourth-order valence-corrected chi connectivity index (χ4v) is 5.51. The van der Waals surface area contributed by atoms with Gasteiger partial charge in [-0.05, 0) is 56.4 Å². The zero-order chi connectivity index (χ0) is 25.9. The van der Waals surface area contributed by atoms with E-state index in [0.717, 1.165) is 42.5 Å². The molecule has 2 aliphatic heterocycles. The molecule has 1 aliphatic carbocycles. The molecule has 5 rings (SSSR count). The van der Waals surface area contributed by atoms with Gasteiger partial charge in [0.05, 0.1) is 19.3 Å². The van der Waals surface area contributed by atoms with Crippen molar-refractivity contribution in [3.63, 3.8) is 0 Å². The third-order valence-corrected chi connectivity index (χ3v) is 7.60. The van der Waals surface area contributed by atoms with Crippen molar-refractivity contribution in [2.24, 2.45) is 0 Å². The third kappa shape index (κ3) is 5.65. The molecule has 2 saturated heterocycles. The number of rotatable bonds is 6. The second-order valence-corrected chi connectivity index (χ2v) is 10.2. The number of fused-ring (bicyclic) bond motifs is 1. The molecule has 2 aromatic rings. The number of hydrogen-bond acceptors (Lipinski definition) is 6. The number of hydrogen-bond donors (Lipinski definition) is 1. The lowest BCUT2D eigenvalue weighted by molar-refractivity contribution is -0.133. The van der Waals surface area contributed by atoms with Gasteiger partial charge in [-0.2, -0.15) is 5.10 Å². The van der Waals surface area contributed by atoms with Crippen molar-refractivity contribution in [3.8, 4) is 5.75 Å². The van der Waals surface area contributed by atoms with Crippen molar-refractivity contribution >= 4 is 11.8 Å². The number of morpholine rings is 1. The van der Waals surface area contributed by atoms with Gasteiger partial charge in [0.25, 0.3) is 5.91 Å². The van der Waals surface area contributed by atoms with E-state index in [0.29, 0.717) is 57.1 Å². The van der Waals surface area contributed by atoms with Crippen molar-refractivity contribution in [1.82, 2.24) is 19.6 Å². The van der Waals surface area contributed by atoms with E-state index in [4.69, 9.17) is 9.47 Å². The van der Waals surface area contributed by atoms with Gasteiger partial charge in [0.2, 0.25) is 5.91 Å². The van der Waals surface area contributed by atoms with Crippen LogP contribution in [0.1, 0.15) is 53.0 Å². The number of benzene rings is 1. The molecule has 1 atom stereocenters. The highest BCUT2D eigenvalue weighted by molar-refractivity contribution is 5.94. The Bertz CT molecular complexity index is 1140. The summed E-state index contributed by atoms with van der Waals surface area (Å²) in [6.07, 6.45) is 4.59. The normalized spacial score (nSPS) is 20.6. The number of likely N-dealkylation sites (tertiary alicyclic amines) is 1. The van der Waals surface area contributed by atoms with Gasteiger partial charge in [-0.1, -0.05) is 0 Å². The van der Waals surface area contributed by atoms with Crippen LogP contribution in [0.3, 0.4) is 0 Å². The SMILES string of the molecule is Cc1cc(F)ccc1OC1CCN(C(=O)Cn2nc(C(=O)N3CCO[C@H](CO)C3)c3c2CCCC3)CC1. The highest BCUT2D eigenvalue weighted by atomic mass is 19.1. The molecule has 0 saturated carbocycles. The summed E-state index contributed by atoms with van der Waals surface area (Å²) < 4.78 is 26.7. The third-order valence-electron chi connectivity index (χ3n) is 7.60. The molecule has 0 radical (unpaired) electrons. The maximum atomic E-state index is 13.4. The van der Waals surface area contributed by atoms with Crippen LogP contribution in [0.15, 0.2) is 18.2 Å². The molecular formula is C27H35FN4O5. The van der Waals surface area contributed by atoms with Crippen molar-refractivity contribution in [2.75, 3.05) is 39.4 Å². The van der Waals surface area contributed by atoms with Gasteiger partial charge in [0.1, 0.15) is 24.2 Å². The second-order valence-electron chi connectivity index (χ2n) is 10.2. The molecule has 0 unspecified atom stereocenters. The maximum Gasteiger partial charge on any atom is 0.274 e. The van der Waals surface area contributed by atoms with Gasteiger partial charge in [0, 0.05) is 50.3 Å². The van der Waals surface area contributed by atoms with E-state index < -0.39 is 0 Å². The zero-order valence-corrected chi connectivity index (χ0v) is 21.3. The first-order valence-corrected chi connectivity index (χ1v) is 13.2. The quantitative estimate of drug-likeness (QED) is 0.634. The summed E-state index contributed by atoms with van der Waals surface area (Å²) in [5, 5.41) is 14.1. The van der Waals surface area contributed by atoms with Crippen LogP contribution in [0.5, 0.6) is 5.75 Å². The minimum absolute atomic E-state index is 0.0157. The standard InChI is InChI=1S/C27H35FN4O5/c1-18-14-19(28)6-7-24(18)37-20-8-10-30(11-9-20)25(34)16-32-23-5-3-2-4-22(23)26(29-32)27(35)31-12-13-36-21(15-31)17-33/h6-7,14,20-21,33H,2-5,8-13,15-17H2,1H3/t21-/m0/s1. The number of carbonyl (C=O) groups excluding carboxylic acids is 2. The predicted molar refractivity (Wildman–Crippen MR) is 133 cm³/mol. The first kappa shape index (κ1) is 25.7. The van der Waals surface area contributed by atoms with Gasteiger partial charge in [0.15, 0.2) is 5.69 Å². The van der Waals surface area contributed by atoms with Crippen LogP contribution in [-0.2, 0) is 28.9 Å². The minimum atomic E-state index is -0.379. The number of carbonyl (C=O) groups is 2. The van der Waals surface area contributed by atoms with E-state index >= 15 is 0 Å². The summed E-state index contributed by atoms with van der Waals surface area (Å²) in [6.45, 7) is 4.15. The van der Waals surface area contributed by atoms with Gasteiger partial charge < -0.3 is 24.4 Å². The first-order chi connectivity index (χ1) is 17.9. The lowest BCUT2D eigenvalue weighted by Crippen LogP contribution is -2.47. The van der Waals surface area contributed by atoms with Crippen LogP contribution < -0.4 is 4.74 Å². The molecule has 37 heavy (non-hydrogen) atoms. The summed E-state index contributed by atoms with van der Waals surface area (Å²) in [4.78, 5) is 30.1. The molecule has 0 bridgehead atoms. The summed E-state index contributed by atoms with van der Waals surface area (Å²) in [5.74, 6) is 0.227. The lowest BCUT2D eigenvalue weighted by atomic mass is 9.95. The van der Waals surface area contributed by atoms with E-state index in [1.165, 1.54) is 12.1 Å². The summed E-state index contributed by atoms with van der Waals surface area (Å²) >= 11 is 0. The molecular weight excluding hydrogens is 479 g/mol. The molecule has 9 nitrogen and oxygen atoms in total. The predicted octanol–water partition coefficient (Wildman–Crippen LogP) is 2.11. The molecule has 3 aliphatic rings. The van der Waals surface area contributed by atoms with Crippen molar-refractivity contribution < 1.29 is 28.6 Å². The smallest absolute Gasteiger partial charge is 0.274 e. The van der Waals surface area contributed by atoms with Crippen LogP contribution in [0.25, 0.3) is 0 Å². The number of nitrogens with zero attached hydrogens (tertiary/aromatic N) is 4. The number of ether oxygens (including phenoxy) is 2. The number of aryl methyl sites for hydroxylation is 1. The van der Waals surface area contributed by atoms with Crippen molar-refractivity contribution in [2.45, 2.75) is 64.2 Å². The van der Waals surface area contributed by atoms with E-state index in [1.54, 1.807) is 15.6 Å². The topological polar surface area (TPSA) is 97.1 Å². The fraction of sp³-hybridized carbons (Fsp3) is 0.593. The van der Waals surface area contributed by atoms with Crippen molar-refractivity contribution in [1.29, 1.82) is 0 Å². The fourth-order valence-electron chi connectivity index (χ4n) is 5.51. The lowest BCUT2D eigenvalue weighted by Gasteiger charge is -2.32. The molecule has 2 fully saturated rings. The van der Waals surface area contributed by atoms with E-state index in [1.807, 2.05) is 11.8 Å². The van der Waals surface area contributed by atoms with E-state index in [2.05, 4.69) is 5.10 Å². The number of aliphatic hydroxyl groups excluding tert-OH is 1. The molecule has 10 heteroatoms. The molecule has 0 spiro atoms. The molecule has 200 valence electrons.